The van der Waals surface area contributed by atoms with Crippen molar-refractivity contribution >= 4 is 29.1 Å². The third kappa shape index (κ3) is 5.48. The lowest BCUT2D eigenvalue weighted by Crippen LogP contribution is -2.47. The molecule has 0 saturated heterocycles. The molecule has 2 aromatic rings. The Morgan fingerprint density at radius 2 is 1.69 bits per heavy atom. The fraction of sp³-hybridized carbons (Fsp3) is 0.333. The fourth-order valence-corrected chi connectivity index (χ4v) is 3.93. The molecule has 152 valence electrons. The van der Waals surface area contributed by atoms with Crippen molar-refractivity contribution in [1.82, 2.24) is 5.32 Å². The minimum Gasteiger partial charge on any atom is -0.351 e. The minimum absolute atomic E-state index is 0.153. The molecule has 1 unspecified atom stereocenters. The second-order valence-electron chi connectivity index (χ2n) is 7.34. The third-order valence-corrected chi connectivity index (χ3v) is 5.48. The number of benzene rings is 2. The standard InChI is InChI=1S/C24H27ClN2O2/c1-2-9-22(28)27(21-12-7-4-8-13-21)23(18-14-16-19(25)17-15-18)24(29)26-20-10-5-3-6-11-20/h2,4,7-9,12-17,20,23H,3,5-6,10-11H2,1H3,(H,26,29)/b9-2+. The van der Waals surface area contributed by atoms with Crippen molar-refractivity contribution in [2.24, 2.45) is 0 Å². The van der Waals surface area contributed by atoms with Crippen molar-refractivity contribution in [1.29, 1.82) is 0 Å². The van der Waals surface area contributed by atoms with Crippen molar-refractivity contribution < 1.29 is 9.59 Å². The van der Waals surface area contributed by atoms with Gasteiger partial charge in [-0.3, -0.25) is 14.5 Å². The predicted octanol–water partition coefficient (Wildman–Crippen LogP) is 5.44. The lowest BCUT2D eigenvalue weighted by atomic mass is 9.94. The van der Waals surface area contributed by atoms with Crippen LogP contribution in [0, 0.1) is 0 Å². The number of amides is 2. The Labute approximate surface area is 177 Å². The fourth-order valence-electron chi connectivity index (χ4n) is 3.80. The van der Waals surface area contributed by atoms with Gasteiger partial charge >= 0.3 is 0 Å². The average molecular weight is 411 g/mol. The molecule has 3 rings (SSSR count). The van der Waals surface area contributed by atoms with E-state index >= 15 is 0 Å². The highest BCUT2D eigenvalue weighted by molar-refractivity contribution is 6.30. The summed E-state index contributed by atoms with van der Waals surface area (Å²) >= 11 is 6.07. The van der Waals surface area contributed by atoms with Crippen LogP contribution in [0.4, 0.5) is 5.69 Å². The summed E-state index contributed by atoms with van der Waals surface area (Å²) in [5.41, 5.74) is 1.40. The lowest BCUT2D eigenvalue weighted by Gasteiger charge is -2.33. The largest absolute Gasteiger partial charge is 0.351 e. The number of allylic oxidation sites excluding steroid dienone is 1. The second-order valence-corrected chi connectivity index (χ2v) is 7.78. The van der Waals surface area contributed by atoms with Crippen molar-refractivity contribution in [2.45, 2.75) is 51.1 Å². The maximum absolute atomic E-state index is 13.5. The van der Waals surface area contributed by atoms with E-state index in [0.29, 0.717) is 10.7 Å². The average Bonchev–Trinajstić information content (AvgIpc) is 2.74. The van der Waals surface area contributed by atoms with Gasteiger partial charge in [0.15, 0.2) is 0 Å². The Morgan fingerprint density at radius 3 is 2.31 bits per heavy atom. The van der Waals surface area contributed by atoms with E-state index in [1.54, 1.807) is 30.0 Å². The van der Waals surface area contributed by atoms with Gasteiger partial charge in [0.1, 0.15) is 6.04 Å². The molecule has 2 amide bonds. The molecule has 29 heavy (non-hydrogen) atoms. The Kier molecular flexibility index (Phi) is 7.48. The molecule has 0 bridgehead atoms. The van der Waals surface area contributed by atoms with E-state index in [1.807, 2.05) is 42.5 Å². The van der Waals surface area contributed by atoms with Gasteiger partial charge in [-0.25, -0.2) is 0 Å². The number of hydrogen-bond donors (Lipinski definition) is 1. The van der Waals surface area contributed by atoms with Gasteiger partial charge in [-0.1, -0.05) is 67.3 Å². The summed E-state index contributed by atoms with van der Waals surface area (Å²) < 4.78 is 0. The third-order valence-electron chi connectivity index (χ3n) is 5.22. The van der Waals surface area contributed by atoms with E-state index in [-0.39, 0.29) is 17.9 Å². The minimum atomic E-state index is -0.778. The summed E-state index contributed by atoms with van der Waals surface area (Å²) in [4.78, 5) is 28.1. The Hall–Kier alpha value is -2.59. The first-order valence-corrected chi connectivity index (χ1v) is 10.5. The van der Waals surface area contributed by atoms with Gasteiger partial charge < -0.3 is 5.32 Å². The zero-order chi connectivity index (χ0) is 20.6. The van der Waals surface area contributed by atoms with Crippen LogP contribution in [-0.2, 0) is 9.59 Å². The monoisotopic (exact) mass is 410 g/mol. The molecule has 2 aromatic carbocycles. The van der Waals surface area contributed by atoms with E-state index in [4.69, 9.17) is 11.6 Å². The first-order chi connectivity index (χ1) is 14.1. The summed E-state index contributed by atoms with van der Waals surface area (Å²) in [6.07, 6.45) is 8.59. The molecular formula is C24H27ClN2O2. The van der Waals surface area contributed by atoms with Crippen molar-refractivity contribution in [3.8, 4) is 0 Å². The van der Waals surface area contributed by atoms with E-state index < -0.39 is 6.04 Å². The number of nitrogens with one attached hydrogen (secondary N) is 1. The van der Waals surface area contributed by atoms with E-state index in [0.717, 1.165) is 31.2 Å². The molecule has 0 aliphatic heterocycles. The van der Waals surface area contributed by atoms with Crippen molar-refractivity contribution in [3.05, 3.63) is 77.3 Å². The molecular weight excluding hydrogens is 384 g/mol. The number of carbonyl (C=O) groups is 2. The zero-order valence-electron chi connectivity index (χ0n) is 16.7. The molecule has 0 aromatic heterocycles. The maximum Gasteiger partial charge on any atom is 0.251 e. The highest BCUT2D eigenvalue weighted by Gasteiger charge is 2.33. The van der Waals surface area contributed by atoms with Gasteiger partial charge in [-0.2, -0.15) is 0 Å². The molecule has 1 fully saturated rings. The van der Waals surface area contributed by atoms with Crippen LogP contribution < -0.4 is 10.2 Å². The van der Waals surface area contributed by atoms with Crippen LogP contribution in [0.3, 0.4) is 0 Å². The Balaban J connectivity index is 2.01. The molecule has 4 nitrogen and oxygen atoms in total. The molecule has 0 radical (unpaired) electrons. The highest BCUT2D eigenvalue weighted by atomic mass is 35.5. The highest BCUT2D eigenvalue weighted by Crippen LogP contribution is 2.30. The van der Waals surface area contributed by atoms with Gasteiger partial charge in [0, 0.05) is 16.8 Å². The van der Waals surface area contributed by atoms with Gasteiger partial charge in [-0.15, -0.1) is 0 Å². The number of rotatable bonds is 6. The zero-order valence-corrected chi connectivity index (χ0v) is 17.4. The van der Waals surface area contributed by atoms with Crippen LogP contribution in [0.5, 0.6) is 0 Å². The number of para-hydroxylation sites is 1. The SMILES string of the molecule is C/C=C/C(=O)N(c1ccccc1)C(C(=O)NC1CCCCC1)c1ccc(Cl)cc1. The summed E-state index contributed by atoms with van der Waals surface area (Å²) in [5, 5.41) is 3.78. The van der Waals surface area contributed by atoms with Crippen molar-refractivity contribution in [2.75, 3.05) is 4.90 Å². The molecule has 0 heterocycles. The van der Waals surface area contributed by atoms with Crippen LogP contribution in [-0.4, -0.2) is 17.9 Å². The molecule has 0 spiro atoms. The molecule has 1 atom stereocenters. The van der Waals surface area contributed by atoms with Crippen molar-refractivity contribution in [3.63, 3.8) is 0 Å². The molecule has 5 heteroatoms. The first-order valence-electron chi connectivity index (χ1n) is 10.2. The summed E-state index contributed by atoms with van der Waals surface area (Å²) in [7, 11) is 0. The summed E-state index contributed by atoms with van der Waals surface area (Å²) in [6, 6.07) is 15.8. The smallest absolute Gasteiger partial charge is 0.251 e. The normalized spacial score (nSPS) is 15.8. The number of carbonyl (C=O) groups excluding carboxylic acids is 2. The predicted molar refractivity (Wildman–Crippen MR) is 118 cm³/mol. The second kappa shape index (κ2) is 10.3. The molecule has 1 aliphatic carbocycles. The number of anilines is 1. The first kappa shape index (κ1) is 21.1. The van der Waals surface area contributed by atoms with Gasteiger partial charge in [0.25, 0.3) is 5.91 Å². The lowest BCUT2D eigenvalue weighted by molar-refractivity contribution is -0.126. The molecule has 1 saturated carbocycles. The van der Waals surface area contributed by atoms with Crippen LogP contribution in [0.1, 0.15) is 50.6 Å². The maximum atomic E-state index is 13.5. The quantitative estimate of drug-likeness (QED) is 0.644. The van der Waals surface area contributed by atoms with Crippen LogP contribution in [0.15, 0.2) is 66.7 Å². The Bertz CT molecular complexity index is 843. The molecule has 1 N–H and O–H groups in total. The van der Waals surface area contributed by atoms with Gasteiger partial charge in [0.2, 0.25) is 5.91 Å². The van der Waals surface area contributed by atoms with Crippen LogP contribution in [0.25, 0.3) is 0 Å². The topological polar surface area (TPSA) is 49.4 Å². The van der Waals surface area contributed by atoms with Crippen LogP contribution >= 0.6 is 11.6 Å². The van der Waals surface area contributed by atoms with E-state index in [1.165, 1.54) is 12.5 Å². The summed E-state index contributed by atoms with van der Waals surface area (Å²) in [6.45, 7) is 1.79. The van der Waals surface area contributed by atoms with E-state index in [2.05, 4.69) is 5.32 Å². The Morgan fingerprint density at radius 1 is 1.03 bits per heavy atom. The van der Waals surface area contributed by atoms with Gasteiger partial charge in [-0.05, 0) is 55.7 Å². The number of hydrogen-bond acceptors (Lipinski definition) is 2. The number of nitrogens with zero attached hydrogens (tertiary/aromatic N) is 1. The molecule has 1 aliphatic rings. The van der Waals surface area contributed by atoms with E-state index in [9.17, 15) is 9.59 Å². The number of halogens is 1. The van der Waals surface area contributed by atoms with Crippen LogP contribution in [0.2, 0.25) is 5.02 Å². The summed E-state index contributed by atoms with van der Waals surface area (Å²) in [5.74, 6) is -0.404. The van der Waals surface area contributed by atoms with Gasteiger partial charge in [0.05, 0.1) is 0 Å².